The Morgan fingerprint density at radius 2 is 2.20 bits per heavy atom. The highest BCUT2D eigenvalue weighted by atomic mass is 14.5. The van der Waals surface area contributed by atoms with Crippen LogP contribution in [0, 0.1) is 11.8 Å². The van der Waals surface area contributed by atoms with Gasteiger partial charge in [0.2, 0.25) is 0 Å². The molecule has 2 atom stereocenters. The van der Waals surface area contributed by atoms with Gasteiger partial charge in [0.05, 0.1) is 0 Å². The van der Waals surface area contributed by atoms with Crippen LogP contribution in [0.25, 0.3) is 0 Å². The zero-order chi connectivity index (χ0) is 10.8. The van der Waals surface area contributed by atoms with E-state index in [1.807, 2.05) is 0 Å². The molecule has 1 nitrogen and oxygen atoms in total. The van der Waals surface area contributed by atoms with Gasteiger partial charge >= 0.3 is 0 Å². The van der Waals surface area contributed by atoms with E-state index in [-0.39, 0.29) is 0 Å². The molecule has 0 radical (unpaired) electrons. The summed E-state index contributed by atoms with van der Waals surface area (Å²) < 4.78 is 0. The summed E-state index contributed by atoms with van der Waals surface area (Å²) in [6, 6.07) is 0. The molecule has 0 aromatic rings. The predicted octanol–water partition coefficient (Wildman–Crippen LogP) is 3.19. The average molecular weight is 203 g/mol. The van der Waals surface area contributed by atoms with Crippen molar-refractivity contribution < 1.29 is 0 Å². The third-order valence-corrected chi connectivity index (χ3v) is 3.82. The van der Waals surface area contributed by atoms with Crippen LogP contribution in [0.4, 0.5) is 0 Å². The van der Waals surface area contributed by atoms with Gasteiger partial charge in [0, 0.05) is 0 Å². The first-order valence-corrected chi connectivity index (χ1v) is 5.99. The summed E-state index contributed by atoms with van der Waals surface area (Å²) in [5, 5.41) is 0. The molecule has 0 spiro atoms. The van der Waals surface area contributed by atoms with Crippen molar-refractivity contribution in [2.45, 2.75) is 32.6 Å². The van der Waals surface area contributed by atoms with Crippen LogP contribution in [0.2, 0.25) is 0 Å². The SMILES string of the molecule is C=C1C(=CC=C(C)CCN)C2CCC1C2. The van der Waals surface area contributed by atoms with Crippen molar-refractivity contribution in [1.82, 2.24) is 0 Å². The first-order chi connectivity index (χ1) is 7.22. The Balaban J connectivity index is 2.08. The van der Waals surface area contributed by atoms with E-state index >= 15 is 0 Å². The first kappa shape index (κ1) is 10.7. The maximum atomic E-state index is 5.52. The van der Waals surface area contributed by atoms with Crippen LogP contribution < -0.4 is 5.73 Å². The predicted molar refractivity (Wildman–Crippen MR) is 65.5 cm³/mol. The molecule has 2 saturated carbocycles. The van der Waals surface area contributed by atoms with E-state index in [2.05, 4.69) is 25.7 Å². The van der Waals surface area contributed by atoms with Crippen molar-refractivity contribution in [2.24, 2.45) is 17.6 Å². The largest absolute Gasteiger partial charge is 0.330 e. The highest BCUT2D eigenvalue weighted by molar-refractivity contribution is 5.42. The molecule has 2 bridgehead atoms. The van der Waals surface area contributed by atoms with Crippen molar-refractivity contribution in [3.63, 3.8) is 0 Å². The number of hydrogen-bond donors (Lipinski definition) is 1. The number of fused-ring (bicyclic) bond motifs is 2. The number of allylic oxidation sites excluding steroid dienone is 4. The van der Waals surface area contributed by atoms with E-state index in [4.69, 9.17) is 5.73 Å². The lowest BCUT2D eigenvalue weighted by Crippen LogP contribution is -2.01. The van der Waals surface area contributed by atoms with E-state index < -0.39 is 0 Å². The van der Waals surface area contributed by atoms with Crippen LogP contribution in [0.5, 0.6) is 0 Å². The molecular weight excluding hydrogens is 182 g/mol. The topological polar surface area (TPSA) is 26.0 Å². The van der Waals surface area contributed by atoms with Crippen LogP contribution in [0.1, 0.15) is 32.6 Å². The molecule has 0 saturated heterocycles. The van der Waals surface area contributed by atoms with E-state index in [9.17, 15) is 0 Å². The van der Waals surface area contributed by atoms with E-state index in [1.54, 1.807) is 0 Å². The molecule has 0 amide bonds. The number of nitrogens with two attached hydrogens (primary N) is 1. The second-order valence-corrected chi connectivity index (χ2v) is 4.91. The van der Waals surface area contributed by atoms with Gasteiger partial charge in [-0.1, -0.05) is 24.3 Å². The smallest absolute Gasteiger partial charge is 0.00399 e. The van der Waals surface area contributed by atoms with Gasteiger partial charge in [-0.25, -0.2) is 0 Å². The molecule has 2 N–H and O–H groups in total. The molecule has 2 aliphatic carbocycles. The Hall–Kier alpha value is -0.820. The minimum absolute atomic E-state index is 0.749. The van der Waals surface area contributed by atoms with Crippen LogP contribution in [0.15, 0.2) is 35.5 Å². The molecule has 2 aliphatic rings. The summed E-state index contributed by atoms with van der Waals surface area (Å²) in [4.78, 5) is 0. The summed E-state index contributed by atoms with van der Waals surface area (Å²) in [5.41, 5.74) is 9.82. The Morgan fingerprint density at radius 1 is 1.47 bits per heavy atom. The van der Waals surface area contributed by atoms with Crippen molar-refractivity contribution >= 4 is 0 Å². The Bertz CT molecular complexity index is 322. The number of rotatable bonds is 3. The summed E-state index contributed by atoms with van der Waals surface area (Å²) in [6.45, 7) is 7.12. The highest BCUT2D eigenvalue weighted by Gasteiger charge is 2.37. The fourth-order valence-corrected chi connectivity index (χ4v) is 2.86. The van der Waals surface area contributed by atoms with Gasteiger partial charge in [0.25, 0.3) is 0 Å². The maximum Gasteiger partial charge on any atom is -0.00399 e. The molecule has 0 heterocycles. The molecule has 15 heavy (non-hydrogen) atoms. The third kappa shape index (κ3) is 2.07. The van der Waals surface area contributed by atoms with Crippen molar-refractivity contribution in [3.05, 3.63) is 35.5 Å². The van der Waals surface area contributed by atoms with Crippen molar-refractivity contribution in [3.8, 4) is 0 Å². The molecule has 2 rings (SSSR count). The average Bonchev–Trinajstić information content (AvgIpc) is 2.76. The van der Waals surface area contributed by atoms with Crippen molar-refractivity contribution in [1.29, 1.82) is 0 Å². The quantitative estimate of drug-likeness (QED) is 0.749. The fourth-order valence-electron chi connectivity index (χ4n) is 2.86. The molecule has 2 unspecified atom stereocenters. The maximum absolute atomic E-state index is 5.52. The van der Waals surface area contributed by atoms with E-state index in [0.29, 0.717) is 0 Å². The van der Waals surface area contributed by atoms with Crippen LogP contribution in [-0.2, 0) is 0 Å². The molecule has 2 fully saturated rings. The van der Waals surface area contributed by atoms with Crippen LogP contribution in [0.3, 0.4) is 0 Å². The zero-order valence-electron chi connectivity index (χ0n) is 9.63. The standard InChI is InChI=1S/C14H21N/c1-10(7-8-15)3-6-14-11(2)12-4-5-13(14)9-12/h3,6,12-13H,2,4-5,7-9,15H2,1H3. The van der Waals surface area contributed by atoms with Gasteiger partial charge in [0.15, 0.2) is 0 Å². The lowest BCUT2D eigenvalue weighted by molar-refractivity contribution is 0.656. The molecule has 0 aromatic heterocycles. The summed E-state index contributed by atoms with van der Waals surface area (Å²) >= 11 is 0. The summed E-state index contributed by atoms with van der Waals surface area (Å²) in [7, 11) is 0. The molecule has 1 heteroatoms. The number of hydrogen-bond acceptors (Lipinski definition) is 1. The molecule has 0 aromatic carbocycles. The van der Waals surface area contributed by atoms with Gasteiger partial charge in [0.1, 0.15) is 0 Å². The molecule has 82 valence electrons. The van der Waals surface area contributed by atoms with Gasteiger partial charge < -0.3 is 5.73 Å². The fraction of sp³-hybridized carbons (Fsp3) is 0.571. The Labute approximate surface area is 92.7 Å². The summed E-state index contributed by atoms with van der Waals surface area (Å²) in [6.07, 6.45) is 9.62. The first-order valence-electron chi connectivity index (χ1n) is 5.99. The normalized spacial score (nSPS) is 33.1. The minimum atomic E-state index is 0.749. The zero-order valence-corrected chi connectivity index (χ0v) is 9.63. The second-order valence-electron chi connectivity index (χ2n) is 4.91. The Morgan fingerprint density at radius 3 is 2.80 bits per heavy atom. The van der Waals surface area contributed by atoms with Crippen LogP contribution in [-0.4, -0.2) is 6.54 Å². The van der Waals surface area contributed by atoms with Gasteiger partial charge in [-0.3, -0.25) is 0 Å². The Kier molecular flexibility index (Phi) is 3.11. The van der Waals surface area contributed by atoms with Gasteiger partial charge in [-0.2, -0.15) is 0 Å². The molecular formula is C14H21N. The third-order valence-electron chi connectivity index (χ3n) is 3.82. The van der Waals surface area contributed by atoms with Crippen LogP contribution >= 0.6 is 0 Å². The second kappa shape index (κ2) is 4.36. The van der Waals surface area contributed by atoms with E-state index in [1.165, 1.54) is 36.0 Å². The lowest BCUT2D eigenvalue weighted by atomic mass is 9.90. The van der Waals surface area contributed by atoms with Gasteiger partial charge in [-0.15, -0.1) is 0 Å². The molecule has 0 aliphatic heterocycles. The van der Waals surface area contributed by atoms with Gasteiger partial charge in [-0.05, 0) is 62.1 Å². The minimum Gasteiger partial charge on any atom is -0.330 e. The highest BCUT2D eigenvalue weighted by Crippen LogP contribution is 2.50. The monoisotopic (exact) mass is 203 g/mol. The van der Waals surface area contributed by atoms with Crippen molar-refractivity contribution in [2.75, 3.05) is 6.54 Å². The summed E-state index contributed by atoms with van der Waals surface area (Å²) in [5.74, 6) is 1.61. The van der Waals surface area contributed by atoms with E-state index in [0.717, 1.165) is 24.8 Å². The lowest BCUT2D eigenvalue weighted by Gasteiger charge is -2.15.